The summed E-state index contributed by atoms with van der Waals surface area (Å²) < 4.78 is 0. The van der Waals surface area contributed by atoms with Crippen molar-refractivity contribution in [2.45, 2.75) is 57.2 Å². The maximum atomic E-state index is 9.50. The largest absolute Gasteiger partial charge is 0.364 e. The molecule has 3 heteroatoms. The van der Waals surface area contributed by atoms with Gasteiger partial charge in [0.15, 0.2) is 0 Å². The van der Waals surface area contributed by atoms with Crippen LogP contribution >= 0.6 is 0 Å². The third-order valence-corrected chi connectivity index (χ3v) is 5.02. The lowest BCUT2D eigenvalue weighted by Crippen LogP contribution is -2.56. The number of piperidine rings is 2. The van der Waals surface area contributed by atoms with Crippen LogP contribution in [0.15, 0.2) is 18.2 Å². The van der Waals surface area contributed by atoms with Crippen LogP contribution in [0.1, 0.15) is 43.2 Å². The summed E-state index contributed by atoms with van der Waals surface area (Å²) in [5, 5.41) is 13.0. The van der Waals surface area contributed by atoms with Crippen molar-refractivity contribution in [2.75, 3.05) is 11.9 Å². The summed E-state index contributed by atoms with van der Waals surface area (Å²) >= 11 is 0. The Labute approximate surface area is 121 Å². The number of hydrogen-bond acceptors (Lipinski definition) is 3. The molecule has 20 heavy (non-hydrogen) atoms. The molecule has 1 aromatic carbocycles. The van der Waals surface area contributed by atoms with Crippen LogP contribution in [0.4, 0.5) is 5.69 Å². The Hall–Kier alpha value is -1.53. The SMILES string of the molecule is CNC1CC2CCCC(C1)N2c1cccc(C)c1C#N. The minimum atomic E-state index is 0.592. The second-order valence-corrected chi connectivity index (χ2v) is 6.18. The van der Waals surface area contributed by atoms with E-state index in [0.717, 1.165) is 16.8 Å². The van der Waals surface area contributed by atoms with E-state index in [9.17, 15) is 5.26 Å². The first-order valence-corrected chi connectivity index (χ1v) is 7.70. The van der Waals surface area contributed by atoms with Crippen LogP contribution < -0.4 is 10.2 Å². The van der Waals surface area contributed by atoms with Gasteiger partial charge in [-0.25, -0.2) is 0 Å². The highest BCUT2D eigenvalue weighted by Crippen LogP contribution is 2.39. The summed E-state index contributed by atoms with van der Waals surface area (Å²) in [7, 11) is 2.07. The van der Waals surface area contributed by atoms with Gasteiger partial charge < -0.3 is 10.2 Å². The first-order chi connectivity index (χ1) is 9.74. The molecule has 0 saturated carbocycles. The maximum Gasteiger partial charge on any atom is 0.102 e. The lowest BCUT2D eigenvalue weighted by Gasteiger charge is -2.50. The van der Waals surface area contributed by atoms with Crippen molar-refractivity contribution < 1.29 is 0 Å². The Morgan fingerprint density at radius 1 is 1.25 bits per heavy atom. The standard InChI is InChI=1S/C17H23N3/c1-12-5-3-8-17(16(12)11-18)20-14-6-4-7-15(20)10-13(9-14)19-2/h3,5,8,13-15,19H,4,6-7,9-10H2,1-2H3. The molecule has 2 unspecified atom stereocenters. The second kappa shape index (κ2) is 5.46. The zero-order valence-electron chi connectivity index (χ0n) is 12.4. The third kappa shape index (κ3) is 2.19. The summed E-state index contributed by atoms with van der Waals surface area (Å²) in [4.78, 5) is 2.56. The number of hydrogen-bond donors (Lipinski definition) is 1. The van der Waals surface area contributed by atoms with Gasteiger partial charge >= 0.3 is 0 Å². The quantitative estimate of drug-likeness (QED) is 0.897. The highest BCUT2D eigenvalue weighted by molar-refractivity contribution is 5.64. The molecular weight excluding hydrogens is 246 g/mol. The fourth-order valence-electron chi connectivity index (χ4n) is 4.02. The van der Waals surface area contributed by atoms with Crippen LogP contribution in [-0.2, 0) is 0 Å². The molecule has 2 saturated heterocycles. The van der Waals surface area contributed by atoms with Gasteiger partial charge in [-0.05, 0) is 57.7 Å². The number of nitriles is 1. The molecule has 0 spiro atoms. The average molecular weight is 269 g/mol. The number of fused-ring (bicyclic) bond motifs is 2. The van der Waals surface area contributed by atoms with Gasteiger partial charge in [-0.3, -0.25) is 0 Å². The van der Waals surface area contributed by atoms with Gasteiger partial charge in [0.05, 0.1) is 11.3 Å². The van der Waals surface area contributed by atoms with Crippen molar-refractivity contribution in [2.24, 2.45) is 0 Å². The van der Waals surface area contributed by atoms with Gasteiger partial charge in [-0.1, -0.05) is 12.1 Å². The molecule has 3 nitrogen and oxygen atoms in total. The first-order valence-electron chi connectivity index (χ1n) is 7.70. The van der Waals surface area contributed by atoms with Crippen molar-refractivity contribution in [3.63, 3.8) is 0 Å². The molecule has 106 valence electrons. The number of nitrogens with one attached hydrogen (secondary N) is 1. The van der Waals surface area contributed by atoms with E-state index in [4.69, 9.17) is 0 Å². The maximum absolute atomic E-state index is 9.50. The Bertz CT molecular complexity index is 518. The summed E-state index contributed by atoms with van der Waals surface area (Å²) in [6.45, 7) is 2.04. The Morgan fingerprint density at radius 2 is 1.95 bits per heavy atom. The molecule has 0 amide bonds. The van der Waals surface area contributed by atoms with E-state index in [-0.39, 0.29) is 0 Å². The molecule has 0 aliphatic carbocycles. The van der Waals surface area contributed by atoms with Crippen LogP contribution in [-0.4, -0.2) is 25.2 Å². The van der Waals surface area contributed by atoms with Crippen LogP contribution in [0.5, 0.6) is 0 Å². The Balaban J connectivity index is 1.98. The number of rotatable bonds is 2. The molecule has 0 radical (unpaired) electrons. The van der Waals surface area contributed by atoms with E-state index in [2.05, 4.69) is 35.5 Å². The Morgan fingerprint density at radius 3 is 2.55 bits per heavy atom. The molecule has 2 aliphatic rings. The highest BCUT2D eigenvalue weighted by Gasteiger charge is 2.38. The van der Waals surface area contributed by atoms with Crippen LogP contribution in [0, 0.1) is 18.3 Å². The van der Waals surface area contributed by atoms with E-state index in [1.807, 2.05) is 13.0 Å². The molecule has 2 atom stereocenters. The van der Waals surface area contributed by atoms with Gasteiger partial charge in [0.1, 0.15) is 6.07 Å². The topological polar surface area (TPSA) is 39.1 Å². The summed E-state index contributed by atoms with van der Waals surface area (Å²) in [6.07, 6.45) is 6.24. The van der Waals surface area contributed by atoms with Gasteiger partial charge in [0.25, 0.3) is 0 Å². The summed E-state index contributed by atoms with van der Waals surface area (Å²) in [6, 6.07) is 10.5. The molecule has 2 heterocycles. The third-order valence-electron chi connectivity index (χ3n) is 5.02. The minimum Gasteiger partial charge on any atom is -0.364 e. The fraction of sp³-hybridized carbons (Fsp3) is 0.588. The predicted molar refractivity (Wildman–Crippen MR) is 81.9 cm³/mol. The Kier molecular flexibility index (Phi) is 3.67. The molecular formula is C17H23N3. The highest BCUT2D eigenvalue weighted by atomic mass is 15.2. The van der Waals surface area contributed by atoms with E-state index < -0.39 is 0 Å². The van der Waals surface area contributed by atoms with Crippen molar-refractivity contribution >= 4 is 5.69 Å². The lowest BCUT2D eigenvalue weighted by atomic mass is 9.81. The van der Waals surface area contributed by atoms with E-state index in [0.29, 0.717) is 18.1 Å². The zero-order chi connectivity index (χ0) is 14.1. The molecule has 2 bridgehead atoms. The number of aryl methyl sites for hydroxylation is 1. The normalized spacial score (nSPS) is 29.1. The van der Waals surface area contributed by atoms with E-state index in [1.54, 1.807) is 0 Å². The number of nitrogens with zero attached hydrogens (tertiary/aromatic N) is 2. The summed E-state index contributed by atoms with van der Waals surface area (Å²) in [5.41, 5.74) is 3.13. The van der Waals surface area contributed by atoms with Crippen molar-refractivity contribution in [1.82, 2.24) is 5.32 Å². The lowest BCUT2D eigenvalue weighted by molar-refractivity contribution is 0.252. The van der Waals surface area contributed by atoms with Crippen molar-refractivity contribution in [3.05, 3.63) is 29.3 Å². The molecule has 1 aromatic rings. The number of benzene rings is 1. The van der Waals surface area contributed by atoms with E-state index in [1.165, 1.54) is 32.1 Å². The number of anilines is 1. The first kappa shape index (κ1) is 13.5. The van der Waals surface area contributed by atoms with Gasteiger partial charge in [0.2, 0.25) is 0 Å². The molecule has 2 aliphatic heterocycles. The van der Waals surface area contributed by atoms with Gasteiger partial charge in [0, 0.05) is 18.1 Å². The zero-order valence-corrected chi connectivity index (χ0v) is 12.4. The van der Waals surface area contributed by atoms with Crippen LogP contribution in [0.2, 0.25) is 0 Å². The van der Waals surface area contributed by atoms with Crippen LogP contribution in [0.25, 0.3) is 0 Å². The van der Waals surface area contributed by atoms with Crippen molar-refractivity contribution in [1.29, 1.82) is 5.26 Å². The predicted octanol–water partition coefficient (Wildman–Crippen LogP) is 2.98. The van der Waals surface area contributed by atoms with Crippen molar-refractivity contribution in [3.8, 4) is 6.07 Å². The molecule has 3 rings (SSSR count). The smallest absolute Gasteiger partial charge is 0.102 e. The van der Waals surface area contributed by atoms with Gasteiger partial charge in [-0.15, -0.1) is 0 Å². The summed E-state index contributed by atoms with van der Waals surface area (Å²) in [5.74, 6) is 0. The molecule has 0 aromatic heterocycles. The molecule has 1 N–H and O–H groups in total. The van der Waals surface area contributed by atoms with Gasteiger partial charge in [-0.2, -0.15) is 5.26 Å². The van der Waals surface area contributed by atoms with Crippen LogP contribution in [0.3, 0.4) is 0 Å². The van der Waals surface area contributed by atoms with E-state index >= 15 is 0 Å². The minimum absolute atomic E-state index is 0.592. The second-order valence-electron chi connectivity index (χ2n) is 6.18. The fourth-order valence-corrected chi connectivity index (χ4v) is 4.02. The molecule has 2 fully saturated rings. The monoisotopic (exact) mass is 269 g/mol. The average Bonchev–Trinajstić information content (AvgIpc) is 2.45.